The molecule has 0 unspecified atom stereocenters. The molecule has 16 heavy (non-hydrogen) atoms. The number of ether oxygens (including phenoxy) is 2. The molecule has 0 saturated carbocycles. The second-order valence-corrected chi connectivity index (χ2v) is 2.86. The van der Waals surface area contributed by atoms with Gasteiger partial charge in [-0.2, -0.15) is 0 Å². The molecule has 82 valence electrons. The largest absolute Gasteiger partial charge is 1.00 e. The number of benzene rings is 1. The van der Waals surface area contributed by atoms with Gasteiger partial charge in [0.05, 0.1) is 13.7 Å². The summed E-state index contributed by atoms with van der Waals surface area (Å²) in [5, 5.41) is 3.74. The number of nitrogens with zero attached hydrogens (tertiary/aromatic N) is 1. The standard InChI is InChI=1S/C11H15NO3.Li/c1-3-15-11(13)12-8-9-4-6-10(14-2)7-5-9;/h4-7H,3,8H2,1-2H3,(H,12,13);/q;+1/p-1. The summed E-state index contributed by atoms with van der Waals surface area (Å²) < 4.78 is 9.69. The third kappa shape index (κ3) is 5.10. The molecule has 0 radical (unpaired) electrons. The molecule has 1 aromatic rings. The van der Waals surface area contributed by atoms with Crippen LogP contribution in [0.2, 0.25) is 0 Å². The third-order valence-electron chi connectivity index (χ3n) is 1.82. The van der Waals surface area contributed by atoms with Crippen molar-refractivity contribution in [1.82, 2.24) is 0 Å². The summed E-state index contributed by atoms with van der Waals surface area (Å²) in [6, 6.07) is 7.38. The van der Waals surface area contributed by atoms with Crippen LogP contribution in [0.15, 0.2) is 24.3 Å². The SMILES string of the molecule is CCOC(=O)[N-]Cc1ccc(OC)cc1.[Li+]. The van der Waals surface area contributed by atoms with Crippen LogP contribution >= 0.6 is 0 Å². The minimum Gasteiger partial charge on any atom is -0.614 e. The fourth-order valence-electron chi connectivity index (χ4n) is 1.06. The summed E-state index contributed by atoms with van der Waals surface area (Å²) >= 11 is 0. The topological polar surface area (TPSA) is 49.6 Å². The average Bonchev–Trinajstić information content (AvgIpc) is 2.27. The molecule has 0 aliphatic heterocycles. The molecule has 0 aliphatic carbocycles. The maximum atomic E-state index is 10.9. The number of carbonyl (C=O) groups is 1. The molecule has 0 saturated heterocycles. The fourth-order valence-corrected chi connectivity index (χ4v) is 1.06. The van der Waals surface area contributed by atoms with Crippen molar-refractivity contribution < 1.29 is 33.1 Å². The van der Waals surface area contributed by atoms with Crippen LogP contribution in [-0.2, 0) is 11.3 Å². The van der Waals surface area contributed by atoms with E-state index in [-0.39, 0.29) is 18.9 Å². The summed E-state index contributed by atoms with van der Waals surface area (Å²) in [6.07, 6.45) is -0.520. The Morgan fingerprint density at radius 2 is 1.94 bits per heavy atom. The van der Waals surface area contributed by atoms with Crippen LogP contribution in [0.5, 0.6) is 5.75 Å². The molecule has 0 heterocycles. The fraction of sp³-hybridized carbons (Fsp3) is 0.364. The van der Waals surface area contributed by atoms with Crippen LogP contribution in [-0.4, -0.2) is 19.8 Å². The number of methoxy groups -OCH3 is 1. The quantitative estimate of drug-likeness (QED) is 0.649. The molecule has 1 aromatic carbocycles. The van der Waals surface area contributed by atoms with Gasteiger partial charge in [-0.05, 0) is 19.1 Å². The molecule has 0 fully saturated rings. The molecular formula is C11H14LiNO3. The van der Waals surface area contributed by atoms with Crippen LogP contribution in [0, 0.1) is 0 Å². The van der Waals surface area contributed by atoms with Crippen LogP contribution in [0.3, 0.4) is 0 Å². The summed E-state index contributed by atoms with van der Waals surface area (Å²) in [4.78, 5) is 10.9. The number of hydrogen-bond donors (Lipinski definition) is 0. The predicted molar refractivity (Wildman–Crippen MR) is 57.1 cm³/mol. The monoisotopic (exact) mass is 215 g/mol. The number of rotatable bonds is 4. The number of amides is 1. The van der Waals surface area contributed by atoms with Gasteiger partial charge in [0.25, 0.3) is 0 Å². The van der Waals surface area contributed by atoms with Gasteiger partial charge in [-0.15, -0.1) is 6.54 Å². The van der Waals surface area contributed by atoms with E-state index in [0.29, 0.717) is 13.2 Å². The van der Waals surface area contributed by atoms with E-state index in [1.165, 1.54) is 0 Å². The molecule has 0 spiro atoms. The van der Waals surface area contributed by atoms with E-state index >= 15 is 0 Å². The van der Waals surface area contributed by atoms with Gasteiger partial charge in [0.2, 0.25) is 6.09 Å². The first kappa shape index (κ1) is 14.9. The van der Waals surface area contributed by atoms with Crippen LogP contribution in [0.4, 0.5) is 4.79 Å². The molecule has 0 N–H and O–H groups in total. The van der Waals surface area contributed by atoms with Crippen molar-refractivity contribution in [3.63, 3.8) is 0 Å². The van der Waals surface area contributed by atoms with Crippen molar-refractivity contribution >= 4 is 6.09 Å². The normalized spacial score (nSPS) is 8.88. The molecule has 5 heteroatoms. The van der Waals surface area contributed by atoms with Gasteiger partial charge in [-0.3, -0.25) is 4.79 Å². The Balaban J connectivity index is 0.00000225. The summed E-state index contributed by atoms with van der Waals surface area (Å²) in [5.74, 6) is 0.787. The molecule has 4 nitrogen and oxygen atoms in total. The molecule has 0 aromatic heterocycles. The second kappa shape index (κ2) is 8.09. The number of hydrogen-bond acceptors (Lipinski definition) is 3. The minimum atomic E-state index is -0.520. The van der Waals surface area contributed by atoms with Gasteiger partial charge in [0, 0.05) is 0 Å². The van der Waals surface area contributed by atoms with Gasteiger partial charge in [-0.25, -0.2) is 0 Å². The molecular weight excluding hydrogens is 201 g/mol. The maximum absolute atomic E-state index is 10.9. The minimum absolute atomic E-state index is 0. The summed E-state index contributed by atoms with van der Waals surface area (Å²) in [6.45, 7) is 2.44. The molecule has 0 bridgehead atoms. The van der Waals surface area contributed by atoms with E-state index < -0.39 is 6.09 Å². The van der Waals surface area contributed by atoms with E-state index in [1.807, 2.05) is 24.3 Å². The first-order chi connectivity index (χ1) is 7.26. The Labute approximate surface area is 107 Å². The predicted octanol–water partition coefficient (Wildman–Crippen LogP) is -0.271. The zero-order valence-electron chi connectivity index (χ0n) is 9.90. The Morgan fingerprint density at radius 1 is 1.31 bits per heavy atom. The molecule has 1 amide bonds. The van der Waals surface area contributed by atoms with Crippen molar-refractivity contribution in [3.05, 3.63) is 35.1 Å². The third-order valence-corrected chi connectivity index (χ3v) is 1.82. The zero-order chi connectivity index (χ0) is 11.1. The van der Waals surface area contributed by atoms with Gasteiger partial charge in [0.1, 0.15) is 5.75 Å². The van der Waals surface area contributed by atoms with Crippen molar-refractivity contribution in [3.8, 4) is 5.75 Å². The Hall–Kier alpha value is -1.11. The van der Waals surface area contributed by atoms with Crippen molar-refractivity contribution in [2.45, 2.75) is 13.5 Å². The van der Waals surface area contributed by atoms with Crippen LogP contribution in [0.1, 0.15) is 12.5 Å². The Bertz CT molecular complexity index is 314. The van der Waals surface area contributed by atoms with Gasteiger partial charge in [0.15, 0.2) is 0 Å². The summed E-state index contributed by atoms with van der Waals surface area (Å²) in [5.41, 5.74) is 0.948. The Kier molecular flexibility index (Phi) is 7.53. The van der Waals surface area contributed by atoms with Gasteiger partial charge in [-0.1, -0.05) is 17.7 Å². The molecule has 0 atom stereocenters. The van der Waals surface area contributed by atoms with E-state index in [4.69, 9.17) is 4.74 Å². The van der Waals surface area contributed by atoms with Crippen molar-refractivity contribution in [2.75, 3.05) is 13.7 Å². The average molecular weight is 215 g/mol. The van der Waals surface area contributed by atoms with E-state index in [0.717, 1.165) is 11.3 Å². The number of carbonyl (C=O) groups excluding carboxylic acids is 1. The van der Waals surface area contributed by atoms with Gasteiger partial charge < -0.3 is 14.8 Å². The second-order valence-electron chi connectivity index (χ2n) is 2.86. The van der Waals surface area contributed by atoms with Crippen molar-refractivity contribution in [2.24, 2.45) is 0 Å². The van der Waals surface area contributed by atoms with E-state index in [2.05, 4.69) is 10.1 Å². The van der Waals surface area contributed by atoms with Crippen molar-refractivity contribution in [1.29, 1.82) is 0 Å². The van der Waals surface area contributed by atoms with E-state index in [1.54, 1.807) is 14.0 Å². The zero-order valence-corrected chi connectivity index (χ0v) is 9.90. The molecule has 1 rings (SSSR count). The van der Waals surface area contributed by atoms with Gasteiger partial charge >= 0.3 is 18.9 Å². The maximum Gasteiger partial charge on any atom is 1.00 e. The van der Waals surface area contributed by atoms with E-state index in [9.17, 15) is 4.79 Å². The summed E-state index contributed by atoms with van der Waals surface area (Å²) in [7, 11) is 1.61. The first-order valence-electron chi connectivity index (χ1n) is 4.73. The Morgan fingerprint density at radius 3 is 2.44 bits per heavy atom. The van der Waals surface area contributed by atoms with Crippen LogP contribution in [0.25, 0.3) is 5.32 Å². The molecule has 0 aliphatic rings. The first-order valence-corrected chi connectivity index (χ1v) is 4.73. The van der Waals surface area contributed by atoms with Crippen LogP contribution < -0.4 is 23.6 Å². The smallest absolute Gasteiger partial charge is 0.614 e.